The Balaban J connectivity index is 1.52. The van der Waals surface area contributed by atoms with Crippen LogP contribution in [-0.4, -0.2) is 52.9 Å². The van der Waals surface area contributed by atoms with Crippen LogP contribution in [0, 0.1) is 0 Å². The zero-order valence-electron chi connectivity index (χ0n) is 12.4. The van der Waals surface area contributed by atoms with Gasteiger partial charge in [-0.1, -0.05) is 5.16 Å². The van der Waals surface area contributed by atoms with Crippen molar-refractivity contribution < 1.29 is 9.26 Å². The van der Waals surface area contributed by atoms with Crippen molar-refractivity contribution in [1.82, 2.24) is 20.0 Å². The van der Waals surface area contributed by atoms with E-state index in [4.69, 9.17) is 9.26 Å². The van der Waals surface area contributed by atoms with Crippen LogP contribution in [0.3, 0.4) is 0 Å². The molecular formula is C15H19N5O2. The van der Waals surface area contributed by atoms with Crippen LogP contribution in [0.2, 0.25) is 0 Å². The minimum atomic E-state index is 0.789. The second-order valence-electron chi connectivity index (χ2n) is 5.65. The Labute approximate surface area is 128 Å². The number of aromatic nitrogens is 3. The normalized spacial score (nSPS) is 19.2. The molecule has 2 aromatic rings. The molecule has 116 valence electrons. The van der Waals surface area contributed by atoms with Crippen LogP contribution >= 0.6 is 0 Å². The highest BCUT2D eigenvalue weighted by Crippen LogP contribution is 2.26. The van der Waals surface area contributed by atoms with Gasteiger partial charge in [-0.05, 0) is 0 Å². The predicted molar refractivity (Wildman–Crippen MR) is 79.4 cm³/mol. The second kappa shape index (κ2) is 6.02. The number of ether oxygens (including phenoxy) is 1. The van der Waals surface area contributed by atoms with Gasteiger partial charge in [0, 0.05) is 57.1 Å². The van der Waals surface area contributed by atoms with Crippen molar-refractivity contribution in [2.45, 2.75) is 19.5 Å². The number of anilines is 1. The summed E-state index contributed by atoms with van der Waals surface area (Å²) in [6.07, 6.45) is 6.09. The summed E-state index contributed by atoms with van der Waals surface area (Å²) >= 11 is 0. The average molecular weight is 301 g/mol. The van der Waals surface area contributed by atoms with Crippen molar-refractivity contribution in [2.75, 3.05) is 37.7 Å². The minimum Gasteiger partial charge on any atom is -0.379 e. The zero-order valence-corrected chi connectivity index (χ0v) is 12.4. The lowest BCUT2D eigenvalue weighted by Gasteiger charge is -2.28. The number of nitrogens with zero attached hydrogens (tertiary/aromatic N) is 5. The van der Waals surface area contributed by atoms with Gasteiger partial charge >= 0.3 is 0 Å². The first-order chi connectivity index (χ1) is 10.9. The van der Waals surface area contributed by atoms with Gasteiger partial charge in [0.05, 0.1) is 19.4 Å². The molecule has 22 heavy (non-hydrogen) atoms. The largest absolute Gasteiger partial charge is 0.379 e. The summed E-state index contributed by atoms with van der Waals surface area (Å²) in [6.45, 7) is 6.01. The van der Waals surface area contributed by atoms with Crippen LogP contribution in [0.25, 0.3) is 0 Å². The van der Waals surface area contributed by atoms with Crippen molar-refractivity contribution in [3.8, 4) is 0 Å². The molecule has 7 nitrogen and oxygen atoms in total. The molecular weight excluding hydrogens is 282 g/mol. The molecule has 0 saturated carbocycles. The summed E-state index contributed by atoms with van der Waals surface area (Å²) in [4.78, 5) is 13.1. The van der Waals surface area contributed by atoms with Gasteiger partial charge in [-0.2, -0.15) is 0 Å². The smallest absolute Gasteiger partial charge is 0.147 e. The van der Waals surface area contributed by atoms with Crippen LogP contribution in [0.15, 0.2) is 23.1 Å². The van der Waals surface area contributed by atoms with E-state index in [-0.39, 0.29) is 0 Å². The fourth-order valence-corrected chi connectivity index (χ4v) is 3.01. The van der Waals surface area contributed by atoms with E-state index < -0.39 is 0 Å². The number of hydrogen-bond acceptors (Lipinski definition) is 7. The third kappa shape index (κ3) is 2.69. The third-order valence-electron chi connectivity index (χ3n) is 4.26. The molecule has 2 aliphatic rings. The monoisotopic (exact) mass is 301 g/mol. The molecule has 0 unspecified atom stereocenters. The molecule has 0 atom stereocenters. The highest BCUT2D eigenvalue weighted by atomic mass is 16.5. The summed E-state index contributed by atoms with van der Waals surface area (Å²) in [5, 5.41) is 4.30. The molecule has 0 aliphatic carbocycles. The minimum absolute atomic E-state index is 0.789. The molecule has 1 fully saturated rings. The highest BCUT2D eigenvalue weighted by Gasteiger charge is 2.26. The summed E-state index contributed by atoms with van der Waals surface area (Å²) in [5.74, 6) is 1.93. The molecule has 2 aromatic heterocycles. The van der Waals surface area contributed by atoms with Gasteiger partial charge in [-0.15, -0.1) is 0 Å². The lowest BCUT2D eigenvalue weighted by Crippen LogP contribution is -2.36. The molecule has 1 saturated heterocycles. The summed E-state index contributed by atoms with van der Waals surface area (Å²) in [5.41, 5.74) is 2.26. The standard InChI is InChI=1S/C15H19N5O2/c1-4-20(15-9-16-2-3-17-15)10-12-13(18-22-14(1)12)11-19-5-7-21-8-6-19/h2-3,9H,1,4-8,10-11H2. The van der Waals surface area contributed by atoms with E-state index in [0.717, 1.165) is 69.6 Å². The first-order valence-corrected chi connectivity index (χ1v) is 7.67. The molecule has 4 rings (SSSR count). The van der Waals surface area contributed by atoms with E-state index in [0.29, 0.717) is 0 Å². The lowest BCUT2D eigenvalue weighted by molar-refractivity contribution is 0.0331. The maximum Gasteiger partial charge on any atom is 0.147 e. The SMILES string of the molecule is c1cnc(N2CCc3onc(CN4CCOCC4)c3C2)cn1. The summed E-state index contributed by atoms with van der Waals surface area (Å²) < 4.78 is 10.9. The molecule has 2 aliphatic heterocycles. The molecule has 0 spiro atoms. The van der Waals surface area contributed by atoms with Crippen LogP contribution < -0.4 is 4.90 Å². The zero-order chi connectivity index (χ0) is 14.8. The average Bonchev–Trinajstić information content (AvgIpc) is 2.99. The molecule has 0 aromatic carbocycles. The van der Waals surface area contributed by atoms with Gasteiger partial charge in [0.15, 0.2) is 0 Å². The Hall–Kier alpha value is -1.99. The number of fused-ring (bicyclic) bond motifs is 1. The maximum absolute atomic E-state index is 5.54. The second-order valence-corrected chi connectivity index (χ2v) is 5.65. The molecule has 7 heteroatoms. The van der Waals surface area contributed by atoms with Gasteiger partial charge in [-0.3, -0.25) is 9.88 Å². The van der Waals surface area contributed by atoms with Gasteiger partial charge in [-0.25, -0.2) is 4.98 Å². The molecule has 4 heterocycles. The van der Waals surface area contributed by atoms with Crippen molar-refractivity contribution in [3.05, 3.63) is 35.6 Å². The number of hydrogen-bond donors (Lipinski definition) is 0. The Bertz CT molecular complexity index is 624. The predicted octanol–water partition coefficient (Wildman–Crippen LogP) is 0.859. The van der Waals surface area contributed by atoms with Crippen LogP contribution in [0.5, 0.6) is 0 Å². The lowest BCUT2D eigenvalue weighted by atomic mass is 10.1. The number of rotatable bonds is 3. The van der Waals surface area contributed by atoms with Crippen molar-refractivity contribution in [3.63, 3.8) is 0 Å². The van der Waals surface area contributed by atoms with Crippen LogP contribution in [0.1, 0.15) is 17.0 Å². The Kier molecular flexibility index (Phi) is 3.74. The maximum atomic E-state index is 5.54. The van der Waals surface area contributed by atoms with E-state index >= 15 is 0 Å². The van der Waals surface area contributed by atoms with Gasteiger partial charge in [0.25, 0.3) is 0 Å². The Morgan fingerprint density at radius 1 is 1.14 bits per heavy atom. The van der Waals surface area contributed by atoms with E-state index in [1.807, 2.05) is 0 Å². The van der Waals surface area contributed by atoms with Gasteiger partial charge in [0.2, 0.25) is 0 Å². The van der Waals surface area contributed by atoms with Crippen molar-refractivity contribution in [1.29, 1.82) is 0 Å². The molecule has 0 N–H and O–H groups in total. The topological polar surface area (TPSA) is 67.5 Å². The van der Waals surface area contributed by atoms with E-state index in [2.05, 4.69) is 24.9 Å². The van der Waals surface area contributed by atoms with Crippen molar-refractivity contribution in [2.24, 2.45) is 0 Å². The van der Waals surface area contributed by atoms with Gasteiger partial charge < -0.3 is 14.2 Å². The van der Waals surface area contributed by atoms with Crippen LogP contribution in [0.4, 0.5) is 5.82 Å². The fourth-order valence-electron chi connectivity index (χ4n) is 3.01. The summed E-state index contributed by atoms with van der Waals surface area (Å²) in [7, 11) is 0. The van der Waals surface area contributed by atoms with Gasteiger partial charge in [0.1, 0.15) is 17.3 Å². The molecule has 0 radical (unpaired) electrons. The number of morpholine rings is 1. The Morgan fingerprint density at radius 3 is 2.86 bits per heavy atom. The van der Waals surface area contributed by atoms with E-state index in [9.17, 15) is 0 Å². The van der Waals surface area contributed by atoms with E-state index in [1.165, 1.54) is 5.56 Å². The van der Waals surface area contributed by atoms with E-state index in [1.54, 1.807) is 18.6 Å². The first kappa shape index (κ1) is 13.7. The third-order valence-corrected chi connectivity index (χ3v) is 4.26. The Morgan fingerprint density at radius 2 is 2.05 bits per heavy atom. The van der Waals surface area contributed by atoms with Crippen molar-refractivity contribution >= 4 is 5.82 Å². The highest BCUT2D eigenvalue weighted by molar-refractivity contribution is 5.41. The quantitative estimate of drug-likeness (QED) is 0.833. The first-order valence-electron chi connectivity index (χ1n) is 7.67. The summed E-state index contributed by atoms with van der Waals surface area (Å²) in [6, 6.07) is 0. The fraction of sp³-hybridized carbons (Fsp3) is 0.533. The molecule has 0 amide bonds. The van der Waals surface area contributed by atoms with Crippen LogP contribution in [-0.2, 0) is 24.2 Å². The molecule has 0 bridgehead atoms.